The zero-order chi connectivity index (χ0) is 19.0. The Morgan fingerprint density at radius 3 is 2.63 bits per heavy atom. The Bertz CT molecular complexity index is 1120. The molecule has 0 amide bonds. The SMILES string of the molecule is O=C1OC(c2ccccc2F)=N/C1=C\c1ccc(-c2cc(Cl)ccc2Cl)o1. The van der Waals surface area contributed by atoms with E-state index in [-0.39, 0.29) is 17.2 Å². The van der Waals surface area contributed by atoms with Crippen LogP contribution in [0.25, 0.3) is 17.4 Å². The van der Waals surface area contributed by atoms with E-state index < -0.39 is 11.8 Å². The number of carbonyl (C=O) groups excluding carboxylic acids is 1. The standard InChI is InChI=1S/C20H10Cl2FNO3/c21-11-5-7-15(22)14(9-11)18-8-6-12(26-18)10-17-20(25)27-19(24-17)13-3-1-2-4-16(13)23/h1-10H/b17-10-. The summed E-state index contributed by atoms with van der Waals surface area (Å²) >= 11 is 12.2. The molecule has 2 aromatic carbocycles. The predicted molar refractivity (Wildman–Crippen MR) is 101 cm³/mol. The molecule has 2 heterocycles. The van der Waals surface area contributed by atoms with Crippen molar-refractivity contribution in [2.45, 2.75) is 0 Å². The summed E-state index contributed by atoms with van der Waals surface area (Å²) in [4.78, 5) is 16.1. The average Bonchev–Trinajstić information content (AvgIpc) is 3.25. The van der Waals surface area contributed by atoms with Gasteiger partial charge in [0.2, 0.25) is 5.90 Å². The Hall–Kier alpha value is -2.89. The van der Waals surface area contributed by atoms with Gasteiger partial charge in [0.15, 0.2) is 5.70 Å². The van der Waals surface area contributed by atoms with Gasteiger partial charge in [-0.1, -0.05) is 35.3 Å². The minimum absolute atomic E-state index is 0.00587. The molecule has 0 spiro atoms. The lowest BCUT2D eigenvalue weighted by molar-refractivity contribution is -0.129. The lowest BCUT2D eigenvalue weighted by Crippen LogP contribution is -2.07. The fourth-order valence-electron chi connectivity index (χ4n) is 2.56. The third kappa shape index (κ3) is 3.52. The minimum atomic E-state index is -0.688. The summed E-state index contributed by atoms with van der Waals surface area (Å²) in [5, 5.41) is 0.997. The lowest BCUT2D eigenvalue weighted by atomic mass is 10.2. The van der Waals surface area contributed by atoms with Crippen molar-refractivity contribution < 1.29 is 18.3 Å². The maximum atomic E-state index is 13.9. The van der Waals surface area contributed by atoms with E-state index in [0.717, 1.165) is 0 Å². The van der Waals surface area contributed by atoms with Crippen molar-refractivity contribution in [3.05, 3.63) is 87.5 Å². The van der Waals surface area contributed by atoms with E-state index in [1.54, 1.807) is 36.4 Å². The average molecular weight is 402 g/mol. The molecular weight excluding hydrogens is 392 g/mol. The molecule has 4 nitrogen and oxygen atoms in total. The molecule has 134 valence electrons. The van der Waals surface area contributed by atoms with Crippen LogP contribution in [0.4, 0.5) is 4.39 Å². The molecule has 1 aromatic heterocycles. The van der Waals surface area contributed by atoms with Crippen molar-refractivity contribution >= 4 is 41.1 Å². The summed E-state index contributed by atoms with van der Waals surface area (Å²) in [6.07, 6.45) is 1.41. The monoisotopic (exact) mass is 401 g/mol. The normalized spacial score (nSPS) is 15.1. The van der Waals surface area contributed by atoms with Gasteiger partial charge in [-0.3, -0.25) is 0 Å². The number of benzene rings is 2. The second-order valence-electron chi connectivity index (χ2n) is 5.64. The number of furan rings is 1. The zero-order valence-electron chi connectivity index (χ0n) is 13.6. The Morgan fingerprint density at radius 2 is 1.81 bits per heavy atom. The van der Waals surface area contributed by atoms with Crippen molar-refractivity contribution in [3.63, 3.8) is 0 Å². The van der Waals surface area contributed by atoms with E-state index in [1.807, 2.05) is 0 Å². The molecule has 1 aliphatic heterocycles. The van der Waals surface area contributed by atoms with Crippen LogP contribution in [0.5, 0.6) is 0 Å². The predicted octanol–water partition coefficient (Wildman–Crippen LogP) is 5.74. The lowest BCUT2D eigenvalue weighted by Gasteiger charge is -2.01. The molecule has 0 saturated heterocycles. The van der Waals surface area contributed by atoms with Crippen LogP contribution in [0, 0.1) is 5.82 Å². The third-order valence-corrected chi connectivity index (χ3v) is 4.39. The van der Waals surface area contributed by atoms with Crippen LogP contribution in [0.3, 0.4) is 0 Å². The highest BCUT2D eigenvalue weighted by atomic mass is 35.5. The van der Waals surface area contributed by atoms with Gasteiger partial charge < -0.3 is 9.15 Å². The first-order valence-corrected chi connectivity index (χ1v) is 8.59. The molecule has 0 radical (unpaired) electrons. The first kappa shape index (κ1) is 17.5. The number of carbonyl (C=O) groups is 1. The third-order valence-electron chi connectivity index (χ3n) is 3.82. The molecule has 3 aromatic rings. The number of nitrogens with zero attached hydrogens (tertiary/aromatic N) is 1. The van der Waals surface area contributed by atoms with Crippen LogP contribution < -0.4 is 0 Å². The maximum Gasteiger partial charge on any atom is 0.363 e. The molecular formula is C20H10Cl2FNO3. The van der Waals surface area contributed by atoms with Crippen molar-refractivity contribution in [1.29, 1.82) is 0 Å². The summed E-state index contributed by atoms with van der Waals surface area (Å²) in [6, 6.07) is 14.3. The second-order valence-corrected chi connectivity index (χ2v) is 6.49. The van der Waals surface area contributed by atoms with E-state index >= 15 is 0 Å². The summed E-state index contributed by atoms with van der Waals surface area (Å²) in [5.41, 5.74) is 0.741. The maximum absolute atomic E-state index is 13.9. The zero-order valence-corrected chi connectivity index (χ0v) is 15.1. The van der Waals surface area contributed by atoms with Crippen LogP contribution in [0.15, 0.2) is 69.7 Å². The second kappa shape index (κ2) is 7.02. The molecule has 0 aliphatic carbocycles. The Kier molecular flexibility index (Phi) is 4.56. The van der Waals surface area contributed by atoms with Gasteiger partial charge in [0.25, 0.3) is 0 Å². The molecule has 0 saturated carbocycles. The number of rotatable bonds is 3. The van der Waals surface area contributed by atoms with Gasteiger partial charge in [-0.05, 0) is 42.5 Å². The van der Waals surface area contributed by atoms with Crippen molar-refractivity contribution in [2.75, 3.05) is 0 Å². The number of esters is 1. The van der Waals surface area contributed by atoms with Gasteiger partial charge in [0.1, 0.15) is 17.3 Å². The van der Waals surface area contributed by atoms with Gasteiger partial charge in [0.05, 0.1) is 10.6 Å². The van der Waals surface area contributed by atoms with E-state index in [1.165, 1.54) is 24.3 Å². The van der Waals surface area contributed by atoms with E-state index in [2.05, 4.69) is 4.99 Å². The number of halogens is 3. The van der Waals surface area contributed by atoms with Crippen molar-refractivity contribution in [3.8, 4) is 11.3 Å². The van der Waals surface area contributed by atoms with Crippen LogP contribution in [-0.2, 0) is 9.53 Å². The molecule has 0 bridgehead atoms. The Morgan fingerprint density at radius 1 is 1.00 bits per heavy atom. The fourth-order valence-corrected chi connectivity index (χ4v) is 2.94. The number of cyclic esters (lactones) is 1. The Labute approximate surface area is 163 Å². The van der Waals surface area contributed by atoms with Gasteiger partial charge >= 0.3 is 5.97 Å². The molecule has 1 aliphatic rings. The van der Waals surface area contributed by atoms with Crippen LogP contribution >= 0.6 is 23.2 Å². The van der Waals surface area contributed by atoms with Gasteiger partial charge in [-0.25, -0.2) is 14.2 Å². The number of hydrogen-bond donors (Lipinski definition) is 0. The summed E-state index contributed by atoms with van der Waals surface area (Å²) < 4.78 is 24.6. The molecule has 0 N–H and O–H groups in total. The fraction of sp³-hybridized carbons (Fsp3) is 0. The van der Waals surface area contributed by atoms with Gasteiger partial charge in [-0.15, -0.1) is 0 Å². The minimum Gasteiger partial charge on any atom is -0.457 e. The van der Waals surface area contributed by atoms with Gasteiger partial charge in [0, 0.05) is 16.7 Å². The van der Waals surface area contributed by atoms with Gasteiger partial charge in [-0.2, -0.15) is 0 Å². The summed E-state index contributed by atoms with van der Waals surface area (Å²) in [6.45, 7) is 0. The summed E-state index contributed by atoms with van der Waals surface area (Å²) in [5.74, 6) is -0.451. The molecule has 0 unspecified atom stereocenters. The van der Waals surface area contributed by atoms with Crippen LogP contribution in [-0.4, -0.2) is 11.9 Å². The first-order chi connectivity index (χ1) is 13.0. The van der Waals surface area contributed by atoms with Crippen molar-refractivity contribution in [2.24, 2.45) is 4.99 Å². The number of aliphatic imine (C=N–C) groups is 1. The quantitative estimate of drug-likeness (QED) is 0.415. The molecule has 7 heteroatoms. The smallest absolute Gasteiger partial charge is 0.363 e. The highest BCUT2D eigenvalue weighted by Crippen LogP contribution is 2.32. The van der Waals surface area contributed by atoms with Crippen molar-refractivity contribution in [1.82, 2.24) is 0 Å². The topological polar surface area (TPSA) is 51.8 Å². The largest absolute Gasteiger partial charge is 0.457 e. The molecule has 27 heavy (non-hydrogen) atoms. The first-order valence-electron chi connectivity index (χ1n) is 7.84. The Balaban J connectivity index is 1.66. The van der Waals surface area contributed by atoms with Crippen LogP contribution in [0.1, 0.15) is 11.3 Å². The van der Waals surface area contributed by atoms with Crippen LogP contribution in [0.2, 0.25) is 10.0 Å². The number of hydrogen-bond acceptors (Lipinski definition) is 4. The summed E-state index contributed by atoms with van der Waals surface area (Å²) in [7, 11) is 0. The van der Waals surface area contributed by atoms with E-state index in [4.69, 9.17) is 32.4 Å². The molecule has 4 rings (SSSR count). The molecule has 0 atom stereocenters. The highest BCUT2D eigenvalue weighted by molar-refractivity contribution is 6.35. The molecule has 0 fully saturated rings. The highest BCUT2D eigenvalue weighted by Gasteiger charge is 2.26. The van der Waals surface area contributed by atoms with E-state index in [9.17, 15) is 9.18 Å². The number of ether oxygens (including phenoxy) is 1. The van der Waals surface area contributed by atoms with E-state index in [0.29, 0.717) is 27.1 Å².